The molecule has 0 bridgehead atoms. The van der Waals surface area contributed by atoms with Gasteiger partial charge in [0.2, 0.25) is 0 Å². The number of para-hydroxylation sites is 1. The summed E-state index contributed by atoms with van der Waals surface area (Å²) >= 11 is 0. The standard InChI is InChI=1S/C18H19F2N3O/c19-14-6-5-12(11-15(14)20)7-9-22-18(21)23-16-8-10-24-17-4-2-1-3-13(16)17/h1-6,11,16H,7-10H2,(H3,21,22,23). The van der Waals surface area contributed by atoms with Gasteiger partial charge in [0, 0.05) is 18.5 Å². The van der Waals surface area contributed by atoms with E-state index in [0.717, 1.165) is 23.8 Å². The first-order chi connectivity index (χ1) is 11.6. The molecule has 2 aromatic rings. The van der Waals surface area contributed by atoms with Crippen LogP contribution in [-0.2, 0) is 6.42 Å². The summed E-state index contributed by atoms with van der Waals surface area (Å²) in [6, 6.07) is 11.7. The zero-order valence-corrected chi connectivity index (χ0v) is 13.1. The fraction of sp³-hybridized carbons (Fsp3) is 0.278. The van der Waals surface area contributed by atoms with Gasteiger partial charge in [0.05, 0.1) is 12.6 Å². The molecule has 6 heteroatoms. The summed E-state index contributed by atoms with van der Waals surface area (Å²) in [7, 11) is 0. The van der Waals surface area contributed by atoms with Crippen molar-refractivity contribution in [3.8, 4) is 5.75 Å². The van der Waals surface area contributed by atoms with Crippen molar-refractivity contribution >= 4 is 5.96 Å². The number of nitrogens with two attached hydrogens (primary N) is 1. The third kappa shape index (κ3) is 3.82. The van der Waals surface area contributed by atoms with Crippen molar-refractivity contribution in [3.63, 3.8) is 0 Å². The first kappa shape index (κ1) is 16.2. The number of rotatable bonds is 4. The van der Waals surface area contributed by atoms with Crippen LogP contribution in [0.5, 0.6) is 5.75 Å². The lowest BCUT2D eigenvalue weighted by Crippen LogP contribution is -2.37. The van der Waals surface area contributed by atoms with Gasteiger partial charge >= 0.3 is 0 Å². The van der Waals surface area contributed by atoms with Crippen LogP contribution in [0.3, 0.4) is 0 Å². The second-order valence-corrected chi connectivity index (χ2v) is 5.64. The Morgan fingerprint density at radius 1 is 1.21 bits per heavy atom. The van der Waals surface area contributed by atoms with Crippen LogP contribution in [0.25, 0.3) is 0 Å². The molecule has 0 amide bonds. The molecule has 0 saturated heterocycles. The Morgan fingerprint density at radius 3 is 2.88 bits per heavy atom. The van der Waals surface area contributed by atoms with Crippen LogP contribution in [0.1, 0.15) is 23.6 Å². The zero-order chi connectivity index (χ0) is 16.9. The Labute approximate surface area is 139 Å². The molecule has 3 N–H and O–H groups in total. The number of ether oxygens (including phenoxy) is 1. The first-order valence-electron chi connectivity index (χ1n) is 7.85. The van der Waals surface area contributed by atoms with Crippen LogP contribution in [0.4, 0.5) is 8.78 Å². The maximum Gasteiger partial charge on any atom is 0.189 e. The number of nitrogens with zero attached hydrogens (tertiary/aromatic N) is 1. The molecule has 1 aliphatic heterocycles. The van der Waals surface area contributed by atoms with E-state index < -0.39 is 11.6 Å². The third-order valence-electron chi connectivity index (χ3n) is 3.95. The van der Waals surface area contributed by atoms with Gasteiger partial charge < -0.3 is 15.8 Å². The van der Waals surface area contributed by atoms with Gasteiger partial charge in [0.15, 0.2) is 17.6 Å². The van der Waals surface area contributed by atoms with Crippen molar-refractivity contribution in [1.82, 2.24) is 5.32 Å². The van der Waals surface area contributed by atoms with E-state index in [1.165, 1.54) is 6.07 Å². The molecule has 0 fully saturated rings. The summed E-state index contributed by atoms with van der Waals surface area (Å²) in [6.07, 6.45) is 1.29. The smallest absolute Gasteiger partial charge is 0.189 e. The van der Waals surface area contributed by atoms with Crippen molar-refractivity contribution in [2.75, 3.05) is 13.2 Å². The van der Waals surface area contributed by atoms with Gasteiger partial charge in [-0.15, -0.1) is 0 Å². The Morgan fingerprint density at radius 2 is 2.04 bits per heavy atom. The quantitative estimate of drug-likeness (QED) is 0.669. The molecular weight excluding hydrogens is 312 g/mol. The number of halogens is 2. The summed E-state index contributed by atoms with van der Waals surface area (Å²) in [5, 5.41) is 3.20. The number of nitrogens with one attached hydrogen (secondary N) is 1. The first-order valence-corrected chi connectivity index (χ1v) is 7.85. The van der Waals surface area contributed by atoms with E-state index in [1.54, 1.807) is 6.07 Å². The zero-order valence-electron chi connectivity index (χ0n) is 13.1. The van der Waals surface area contributed by atoms with Crippen molar-refractivity contribution in [1.29, 1.82) is 0 Å². The summed E-state index contributed by atoms with van der Waals surface area (Å²) in [4.78, 5) is 4.26. The molecule has 126 valence electrons. The Bertz CT molecular complexity index is 749. The molecule has 1 unspecified atom stereocenters. The van der Waals surface area contributed by atoms with Gasteiger partial charge in [-0.1, -0.05) is 24.3 Å². The summed E-state index contributed by atoms with van der Waals surface area (Å²) < 4.78 is 31.7. The number of fused-ring (bicyclic) bond motifs is 1. The van der Waals surface area contributed by atoms with Crippen LogP contribution in [0, 0.1) is 11.6 Å². The van der Waals surface area contributed by atoms with Crippen LogP contribution >= 0.6 is 0 Å². The molecule has 1 atom stereocenters. The molecule has 0 spiro atoms. The molecular formula is C18H19F2N3O. The SMILES string of the molecule is NC(=NCCc1ccc(F)c(F)c1)NC1CCOc2ccccc21. The van der Waals surface area contributed by atoms with Gasteiger partial charge in [0.1, 0.15) is 5.75 Å². The lowest BCUT2D eigenvalue weighted by molar-refractivity contribution is 0.262. The fourth-order valence-corrected chi connectivity index (χ4v) is 2.72. The van der Waals surface area contributed by atoms with Crippen molar-refractivity contribution in [2.24, 2.45) is 10.7 Å². The highest BCUT2D eigenvalue weighted by Crippen LogP contribution is 2.31. The minimum atomic E-state index is -0.846. The van der Waals surface area contributed by atoms with E-state index in [9.17, 15) is 8.78 Å². The minimum absolute atomic E-state index is 0.0574. The topological polar surface area (TPSA) is 59.6 Å². The maximum absolute atomic E-state index is 13.2. The van der Waals surface area contributed by atoms with Crippen molar-refractivity contribution in [2.45, 2.75) is 18.9 Å². The molecule has 0 aliphatic carbocycles. The number of hydrogen-bond donors (Lipinski definition) is 2. The number of aliphatic imine (C=N–C) groups is 1. The molecule has 2 aromatic carbocycles. The lowest BCUT2D eigenvalue weighted by Gasteiger charge is -2.26. The average Bonchev–Trinajstić information content (AvgIpc) is 2.58. The molecule has 24 heavy (non-hydrogen) atoms. The third-order valence-corrected chi connectivity index (χ3v) is 3.95. The second-order valence-electron chi connectivity index (χ2n) is 5.64. The van der Waals surface area contributed by atoms with Crippen LogP contribution in [-0.4, -0.2) is 19.1 Å². The molecule has 0 radical (unpaired) electrons. The van der Waals surface area contributed by atoms with E-state index in [4.69, 9.17) is 10.5 Å². The van der Waals surface area contributed by atoms with Crippen LogP contribution in [0.2, 0.25) is 0 Å². The van der Waals surface area contributed by atoms with Crippen molar-refractivity contribution in [3.05, 3.63) is 65.2 Å². The number of hydrogen-bond acceptors (Lipinski definition) is 2. The van der Waals surface area contributed by atoms with Gasteiger partial charge in [-0.2, -0.15) is 0 Å². The predicted molar refractivity (Wildman–Crippen MR) is 89.0 cm³/mol. The van der Waals surface area contributed by atoms with E-state index in [1.807, 2.05) is 24.3 Å². The van der Waals surface area contributed by atoms with Gasteiger partial charge in [0.25, 0.3) is 0 Å². The van der Waals surface area contributed by atoms with Crippen LogP contribution < -0.4 is 15.8 Å². The second kappa shape index (κ2) is 7.29. The van der Waals surface area contributed by atoms with Crippen LogP contribution in [0.15, 0.2) is 47.5 Å². The molecule has 1 heterocycles. The molecule has 1 aliphatic rings. The van der Waals surface area contributed by atoms with E-state index >= 15 is 0 Å². The van der Waals surface area contributed by atoms with Gasteiger partial charge in [-0.25, -0.2) is 8.78 Å². The Kier molecular flexibility index (Phi) is 4.93. The largest absolute Gasteiger partial charge is 0.493 e. The van der Waals surface area contributed by atoms with Crippen molar-refractivity contribution < 1.29 is 13.5 Å². The lowest BCUT2D eigenvalue weighted by atomic mass is 10.0. The predicted octanol–water partition coefficient (Wildman–Crippen LogP) is 2.94. The molecule has 0 saturated carbocycles. The average molecular weight is 331 g/mol. The van der Waals surface area contributed by atoms with E-state index in [2.05, 4.69) is 10.3 Å². The summed E-state index contributed by atoms with van der Waals surface area (Å²) in [6.45, 7) is 1.02. The highest BCUT2D eigenvalue weighted by Gasteiger charge is 2.21. The normalized spacial score (nSPS) is 17.1. The monoisotopic (exact) mass is 331 g/mol. The van der Waals surface area contributed by atoms with E-state index in [-0.39, 0.29) is 6.04 Å². The Hall–Kier alpha value is -2.63. The molecule has 0 aromatic heterocycles. The molecule has 4 nitrogen and oxygen atoms in total. The van der Waals surface area contributed by atoms with E-state index in [0.29, 0.717) is 31.1 Å². The maximum atomic E-state index is 13.2. The number of guanidine groups is 1. The summed E-state index contributed by atoms with van der Waals surface area (Å²) in [5.41, 5.74) is 7.68. The van der Waals surface area contributed by atoms with Gasteiger partial charge in [-0.05, 0) is 30.2 Å². The summed E-state index contributed by atoms with van der Waals surface area (Å²) in [5.74, 6) is -0.502. The minimum Gasteiger partial charge on any atom is -0.493 e. The van der Waals surface area contributed by atoms with Gasteiger partial charge in [-0.3, -0.25) is 4.99 Å². The molecule has 3 rings (SSSR count). The number of benzene rings is 2. The highest BCUT2D eigenvalue weighted by molar-refractivity contribution is 5.78. The Balaban J connectivity index is 1.58. The fourth-order valence-electron chi connectivity index (χ4n) is 2.72. The highest BCUT2D eigenvalue weighted by atomic mass is 19.2.